The highest BCUT2D eigenvalue weighted by molar-refractivity contribution is 7.14. The summed E-state index contributed by atoms with van der Waals surface area (Å²) in [6, 6.07) is 1.38. The highest BCUT2D eigenvalue weighted by Crippen LogP contribution is 2.29. The fraction of sp³-hybridized carbons (Fsp3) is 0.545. The van der Waals surface area contributed by atoms with Crippen molar-refractivity contribution in [1.29, 1.82) is 0 Å². The van der Waals surface area contributed by atoms with Gasteiger partial charge in [-0.15, -0.1) is 11.3 Å². The number of piperidine rings is 1. The van der Waals surface area contributed by atoms with Gasteiger partial charge in [-0.3, -0.25) is 14.9 Å². The van der Waals surface area contributed by atoms with Crippen molar-refractivity contribution in [1.82, 2.24) is 4.90 Å². The number of carbonyl (C=O) groups is 1. The maximum atomic E-state index is 12.2. The van der Waals surface area contributed by atoms with E-state index >= 15 is 0 Å². The van der Waals surface area contributed by atoms with Crippen LogP contribution in [0.4, 0.5) is 5.69 Å². The Morgan fingerprint density at radius 1 is 1.67 bits per heavy atom. The fourth-order valence-corrected chi connectivity index (χ4v) is 3.06. The molecular formula is C11H15N3O3S. The Morgan fingerprint density at radius 3 is 2.94 bits per heavy atom. The summed E-state index contributed by atoms with van der Waals surface area (Å²) in [5.74, 6) is -0.147. The molecule has 98 valence electrons. The number of nitro groups is 1. The molecule has 2 N–H and O–H groups in total. The van der Waals surface area contributed by atoms with Crippen molar-refractivity contribution in [2.75, 3.05) is 13.1 Å². The first-order valence-corrected chi connectivity index (χ1v) is 6.60. The molecule has 7 heteroatoms. The molecule has 1 atom stereocenters. The van der Waals surface area contributed by atoms with Gasteiger partial charge in [0.2, 0.25) is 0 Å². The zero-order chi connectivity index (χ0) is 13.3. The highest BCUT2D eigenvalue weighted by atomic mass is 32.1. The lowest BCUT2D eigenvalue weighted by Gasteiger charge is -2.30. The number of rotatable bonds is 2. The second kappa shape index (κ2) is 5.03. The molecule has 1 fully saturated rings. The van der Waals surface area contributed by atoms with Gasteiger partial charge < -0.3 is 10.6 Å². The lowest BCUT2D eigenvalue weighted by Crippen LogP contribution is -2.45. The minimum atomic E-state index is -0.454. The second-order valence-corrected chi connectivity index (χ2v) is 5.72. The molecule has 1 unspecified atom stereocenters. The lowest BCUT2D eigenvalue weighted by atomic mass is 10.1. The Morgan fingerprint density at radius 2 is 2.39 bits per heavy atom. The van der Waals surface area contributed by atoms with Crippen molar-refractivity contribution in [3.8, 4) is 0 Å². The summed E-state index contributed by atoms with van der Waals surface area (Å²) in [5, 5.41) is 10.8. The average Bonchev–Trinajstić information content (AvgIpc) is 2.70. The van der Waals surface area contributed by atoms with Gasteiger partial charge in [-0.1, -0.05) is 0 Å². The van der Waals surface area contributed by atoms with Crippen LogP contribution >= 0.6 is 11.3 Å². The third kappa shape index (κ3) is 2.51. The number of nitrogens with two attached hydrogens (primary N) is 1. The number of carbonyl (C=O) groups excluding carboxylic acids is 1. The molecular weight excluding hydrogens is 254 g/mol. The summed E-state index contributed by atoms with van der Waals surface area (Å²) >= 11 is 1.17. The van der Waals surface area contributed by atoms with Crippen LogP contribution in [0.2, 0.25) is 0 Å². The molecule has 0 spiro atoms. The molecule has 18 heavy (non-hydrogen) atoms. The van der Waals surface area contributed by atoms with Crippen molar-refractivity contribution < 1.29 is 9.72 Å². The first kappa shape index (κ1) is 13.0. The summed E-state index contributed by atoms with van der Waals surface area (Å²) in [5.41, 5.74) is 5.84. The Hall–Kier alpha value is -1.47. The molecule has 0 aromatic carbocycles. The number of thiophene rings is 1. The largest absolute Gasteiger partial charge is 0.336 e. The zero-order valence-electron chi connectivity index (χ0n) is 10.1. The topological polar surface area (TPSA) is 89.5 Å². The summed E-state index contributed by atoms with van der Waals surface area (Å²) in [6.45, 7) is 2.86. The maximum Gasteiger partial charge on any atom is 0.283 e. The Labute approximate surface area is 109 Å². The average molecular weight is 269 g/mol. The molecule has 2 rings (SSSR count). The SMILES string of the molecule is Cc1sc(C(=O)N2CCCC(N)C2)cc1[N+](=O)[O-]. The molecule has 0 aliphatic carbocycles. The quantitative estimate of drug-likeness (QED) is 0.651. The first-order chi connectivity index (χ1) is 8.49. The lowest BCUT2D eigenvalue weighted by molar-refractivity contribution is -0.385. The van der Waals surface area contributed by atoms with Gasteiger partial charge in [0, 0.05) is 25.2 Å². The van der Waals surface area contributed by atoms with Crippen LogP contribution in [0.15, 0.2) is 6.07 Å². The number of likely N-dealkylation sites (tertiary alicyclic amines) is 1. The van der Waals surface area contributed by atoms with Crippen LogP contribution in [-0.2, 0) is 0 Å². The summed E-state index contributed by atoms with van der Waals surface area (Å²) in [6.07, 6.45) is 1.81. The van der Waals surface area contributed by atoms with E-state index in [0.717, 1.165) is 12.8 Å². The normalized spacial score (nSPS) is 19.9. The van der Waals surface area contributed by atoms with Crippen LogP contribution < -0.4 is 5.73 Å². The summed E-state index contributed by atoms with van der Waals surface area (Å²) < 4.78 is 0. The van der Waals surface area contributed by atoms with Gasteiger partial charge in [0.15, 0.2) is 0 Å². The number of amides is 1. The Balaban J connectivity index is 2.18. The zero-order valence-corrected chi connectivity index (χ0v) is 10.9. The van der Waals surface area contributed by atoms with Crippen molar-refractivity contribution in [3.63, 3.8) is 0 Å². The van der Waals surface area contributed by atoms with Crippen LogP contribution in [0.3, 0.4) is 0 Å². The van der Waals surface area contributed by atoms with E-state index in [-0.39, 0.29) is 17.6 Å². The van der Waals surface area contributed by atoms with E-state index in [9.17, 15) is 14.9 Å². The molecule has 0 bridgehead atoms. The smallest absolute Gasteiger partial charge is 0.283 e. The van der Waals surface area contributed by atoms with Gasteiger partial charge in [-0.05, 0) is 19.8 Å². The molecule has 1 aromatic rings. The van der Waals surface area contributed by atoms with E-state index in [1.165, 1.54) is 17.4 Å². The minimum absolute atomic E-state index is 0.0127. The second-order valence-electron chi connectivity index (χ2n) is 4.46. The molecule has 6 nitrogen and oxygen atoms in total. The number of nitrogens with zero attached hydrogens (tertiary/aromatic N) is 2. The molecule has 1 aromatic heterocycles. The van der Waals surface area contributed by atoms with Gasteiger partial charge in [-0.25, -0.2) is 0 Å². The van der Waals surface area contributed by atoms with Crippen molar-refractivity contribution >= 4 is 22.9 Å². The Kier molecular flexibility index (Phi) is 3.63. The van der Waals surface area contributed by atoms with Gasteiger partial charge in [0.25, 0.3) is 11.6 Å². The van der Waals surface area contributed by atoms with E-state index in [1.54, 1.807) is 11.8 Å². The molecule has 2 heterocycles. The molecule has 0 saturated carbocycles. The minimum Gasteiger partial charge on any atom is -0.336 e. The monoisotopic (exact) mass is 269 g/mol. The summed E-state index contributed by atoms with van der Waals surface area (Å²) in [4.78, 5) is 25.2. The van der Waals surface area contributed by atoms with Crippen LogP contribution in [0.5, 0.6) is 0 Å². The number of hydrogen-bond acceptors (Lipinski definition) is 5. The standard InChI is InChI=1S/C11H15N3O3S/c1-7-9(14(16)17)5-10(18-7)11(15)13-4-2-3-8(12)6-13/h5,8H,2-4,6,12H2,1H3. The van der Waals surface area contributed by atoms with Crippen molar-refractivity contribution in [2.45, 2.75) is 25.8 Å². The molecule has 1 saturated heterocycles. The van der Waals surface area contributed by atoms with Gasteiger partial charge in [0.1, 0.15) is 0 Å². The van der Waals surface area contributed by atoms with E-state index in [0.29, 0.717) is 22.8 Å². The highest BCUT2D eigenvalue weighted by Gasteiger charge is 2.26. The van der Waals surface area contributed by atoms with Crippen LogP contribution in [-0.4, -0.2) is 34.9 Å². The molecule has 1 amide bonds. The number of aryl methyl sites for hydroxylation is 1. The van der Waals surface area contributed by atoms with E-state index < -0.39 is 4.92 Å². The molecule has 0 radical (unpaired) electrons. The first-order valence-electron chi connectivity index (χ1n) is 5.78. The maximum absolute atomic E-state index is 12.2. The van der Waals surface area contributed by atoms with Gasteiger partial charge in [0.05, 0.1) is 14.7 Å². The van der Waals surface area contributed by atoms with E-state index in [4.69, 9.17) is 5.73 Å². The number of hydrogen-bond donors (Lipinski definition) is 1. The predicted octanol–water partition coefficient (Wildman–Crippen LogP) is 1.53. The van der Waals surface area contributed by atoms with Crippen molar-refractivity contribution in [2.24, 2.45) is 5.73 Å². The summed E-state index contributed by atoms with van der Waals surface area (Å²) in [7, 11) is 0. The van der Waals surface area contributed by atoms with Gasteiger partial charge in [-0.2, -0.15) is 0 Å². The van der Waals surface area contributed by atoms with Gasteiger partial charge >= 0.3 is 0 Å². The Bertz CT molecular complexity index is 486. The van der Waals surface area contributed by atoms with E-state index in [2.05, 4.69) is 0 Å². The van der Waals surface area contributed by atoms with E-state index in [1.807, 2.05) is 0 Å². The van der Waals surface area contributed by atoms with Crippen LogP contribution in [0.1, 0.15) is 27.4 Å². The van der Waals surface area contributed by atoms with Crippen LogP contribution in [0, 0.1) is 17.0 Å². The third-order valence-electron chi connectivity index (χ3n) is 3.04. The molecule has 1 aliphatic rings. The predicted molar refractivity (Wildman–Crippen MR) is 68.8 cm³/mol. The van der Waals surface area contributed by atoms with Crippen LogP contribution in [0.25, 0.3) is 0 Å². The fourth-order valence-electron chi connectivity index (χ4n) is 2.11. The van der Waals surface area contributed by atoms with Crippen molar-refractivity contribution in [3.05, 3.63) is 25.9 Å². The molecule has 1 aliphatic heterocycles. The third-order valence-corrected chi connectivity index (χ3v) is 4.07.